The van der Waals surface area contributed by atoms with Crippen LogP contribution in [0.25, 0.3) is 22.3 Å². The van der Waals surface area contributed by atoms with Gasteiger partial charge < -0.3 is 5.32 Å². The molecule has 0 spiro atoms. The Kier molecular flexibility index (Phi) is 5.43. The maximum Gasteiger partial charge on any atom is 0.238 e. The summed E-state index contributed by atoms with van der Waals surface area (Å²) in [5.74, 6) is 0.504. The van der Waals surface area contributed by atoms with Gasteiger partial charge in [-0.25, -0.2) is 28.5 Å². The highest BCUT2D eigenvalue weighted by Gasteiger charge is 2.11. The van der Waals surface area contributed by atoms with Gasteiger partial charge in [0.1, 0.15) is 5.52 Å². The number of fused-ring (bicyclic) bond motifs is 1. The Morgan fingerprint density at radius 3 is 2.30 bits per heavy atom. The van der Waals surface area contributed by atoms with Crippen LogP contribution < -0.4 is 10.5 Å². The number of nitrogens with one attached hydrogen (secondary N) is 1. The molecule has 2 heterocycles. The third kappa shape index (κ3) is 4.29. The van der Waals surface area contributed by atoms with Crippen molar-refractivity contribution in [3.8, 4) is 11.3 Å². The SMILES string of the molecule is CCc1nc(NCc2ccc(S(N)(=O)=O)cc2)nc2ccc(-c3ccccc3)nc12. The number of nitrogens with zero attached hydrogens (tertiary/aromatic N) is 3. The molecule has 8 heteroatoms. The lowest BCUT2D eigenvalue weighted by molar-refractivity contribution is 0.598. The second-order valence-corrected chi connectivity index (χ2v) is 8.38. The molecule has 4 rings (SSSR count). The smallest absolute Gasteiger partial charge is 0.238 e. The largest absolute Gasteiger partial charge is 0.350 e. The van der Waals surface area contributed by atoms with E-state index in [2.05, 4.69) is 15.3 Å². The fourth-order valence-corrected chi connectivity index (χ4v) is 3.66. The molecule has 2 aromatic carbocycles. The molecule has 3 N–H and O–H groups in total. The Balaban J connectivity index is 1.59. The number of aryl methyl sites for hydroxylation is 1. The molecular weight excluding hydrogens is 398 g/mol. The number of benzene rings is 2. The average Bonchev–Trinajstić information content (AvgIpc) is 2.77. The molecule has 0 amide bonds. The van der Waals surface area contributed by atoms with Crippen molar-refractivity contribution < 1.29 is 8.42 Å². The summed E-state index contributed by atoms with van der Waals surface area (Å²) in [5, 5.41) is 8.34. The first-order chi connectivity index (χ1) is 14.4. The quantitative estimate of drug-likeness (QED) is 0.495. The lowest BCUT2D eigenvalue weighted by Crippen LogP contribution is -2.12. The summed E-state index contributed by atoms with van der Waals surface area (Å²) in [4.78, 5) is 14.1. The minimum atomic E-state index is -3.70. The van der Waals surface area contributed by atoms with Crippen molar-refractivity contribution in [2.75, 3.05) is 5.32 Å². The van der Waals surface area contributed by atoms with E-state index in [1.54, 1.807) is 12.1 Å². The molecule has 7 nitrogen and oxygen atoms in total. The van der Waals surface area contributed by atoms with E-state index in [1.807, 2.05) is 49.4 Å². The molecule has 2 aromatic heterocycles. The summed E-state index contributed by atoms with van der Waals surface area (Å²) in [6.07, 6.45) is 0.724. The molecule has 0 atom stereocenters. The first-order valence-corrected chi connectivity index (χ1v) is 11.1. The van der Waals surface area contributed by atoms with Gasteiger partial charge in [-0.1, -0.05) is 49.4 Å². The number of hydrogen-bond donors (Lipinski definition) is 2. The van der Waals surface area contributed by atoms with Gasteiger partial charge in [-0.15, -0.1) is 0 Å². The van der Waals surface area contributed by atoms with Gasteiger partial charge in [-0.05, 0) is 36.2 Å². The van der Waals surface area contributed by atoms with Crippen molar-refractivity contribution in [3.63, 3.8) is 0 Å². The van der Waals surface area contributed by atoms with E-state index in [4.69, 9.17) is 10.1 Å². The summed E-state index contributed by atoms with van der Waals surface area (Å²) in [7, 11) is -3.70. The highest BCUT2D eigenvalue weighted by Crippen LogP contribution is 2.23. The van der Waals surface area contributed by atoms with Crippen molar-refractivity contribution in [2.45, 2.75) is 24.8 Å². The maximum atomic E-state index is 11.4. The lowest BCUT2D eigenvalue weighted by Gasteiger charge is -2.10. The van der Waals surface area contributed by atoms with Crippen molar-refractivity contribution in [1.29, 1.82) is 0 Å². The zero-order chi connectivity index (χ0) is 21.1. The third-order valence-corrected chi connectivity index (χ3v) is 5.65. The topological polar surface area (TPSA) is 111 Å². The Morgan fingerprint density at radius 2 is 1.63 bits per heavy atom. The van der Waals surface area contributed by atoms with E-state index in [1.165, 1.54) is 12.1 Å². The first kappa shape index (κ1) is 19.9. The molecular formula is C22H21N5O2S. The van der Waals surface area contributed by atoms with Crippen LogP contribution in [0.5, 0.6) is 0 Å². The van der Waals surface area contributed by atoms with Crippen LogP contribution in [-0.2, 0) is 23.0 Å². The number of rotatable bonds is 6. The monoisotopic (exact) mass is 419 g/mol. The van der Waals surface area contributed by atoms with Crippen LogP contribution in [-0.4, -0.2) is 23.4 Å². The van der Waals surface area contributed by atoms with E-state index in [0.717, 1.165) is 40.0 Å². The van der Waals surface area contributed by atoms with Gasteiger partial charge in [0, 0.05) is 12.1 Å². The van der Waals surface area contributed by atoms with Gasteiger partial charge >= 0.3 is 0 Å². The number of aromatic nitrogens is 3. The Labute approximate surface area is 175 Å². The Morgan fingerprint density at radius 1 is 0.900 bits per heavy atom. The second kappa shape index (κ2) is 8.17. The summed E-state index contributed by atoms with van der Waals surface area (Å²) < 4.78 is 22.7. The van der Waals surface area contributed by atoms with Crippen LogP contribution in [0.15, 0.2) is 71.6 Å². The summed E-state index contributed by atoms with van der Waals surface area (Å²) in [5.41, 5.74) is 5.26. The van der Waals surface area contributed by atoms with E-state index in [-0.39, 0.29) is 4.90 Å². The van der Waals surface area contributed by atoms with Gasteiger partial charge in [0.2, 0.25) is 16.0 Å². The molecule has 152 valence electrons. The number of pyridine rings is 1. The van der Waals surface area contributed by atoms with Gasteiger partial charge in [-0.3, -0.25) is 0 Å². The lowest BCUT2D eigenvalue weighted by atomic mass is 10.1. The standard InChI is InChI=1S/C22H21N5O2S/c1-2-18-21-20(13-12-19(25-21)16-6-4-3-5-7-16)27-22(26-18)24-14-15-8-10-17(11-9-15)30(23,28)29/h3-13H,2,14H2,1H3,(H2,23,28,29)(H,24,26,27). The maximum absolute atomic E-state index is 11.4. The summed E-state index contributed by atoms with van der Waals surface area (Å²) in [6, 6.07) is 20.3. The zero-order valence-electron chi connectivity index (χ0n) is 16.4. The van der Waals surface area contributed by atoms with E-state index in [0.29, 0.717) is 12.5 Å². The number of sulfonamides is 1. The van der Waals surface area contributed by atoms with Crippen LogP contribution in [0, 0.1) is 0 Å². The van der Waals surface area contributed by atoms with Crippen molar-refractivity contribution in [3.05, 3.63) is 78.0 Å². The molecule has 0 aliphatic rings. The van der Waals surface area contributed by atoms with E-state index < -0.39 is 10.0 Å². The van der Waals surface area contributed by atoms with Gasteiger partial charge in [0.15, 0.2) is 0 Å². The van der Waals surface area contributed by atoms with Gasteiger partial charge in [0.05, 0.1) is 21.8 Å². The van der Waals surface area contributed by atoms with Crippen LogP contribution >= 0.6 is 0 Å². The predicted molar refractivity (Wildman–Crippen MR) is 117 cm³/mol. The average molecular weight is 420 g/mol. The minimum absolute atomic E-state index is 0.0850. The molecule has 0 aliphatic heterocycles. The molecule has 0 unspecified atom stereocenters. The predicted octanol–water partition coefficient (Wildman–Crippen LogP) is 3.51. The third-order valence-electron chi connectivity index (χ3n) is 4.72. The highest BCUT2D eigenvalue weighted by molar-refractivity contribution is 7.89. The van der Waals surface area contributed by atoms with E-state index >= 15 is 0 Å². The molecule has 0 fully saturated rings. The van der Waals surface area contributed by atoms with Gasteiger partial charge in [-0.2, -0.15) is 0 Å². The molecule has 0 aliphatic carbocycles. The normalized spacial score (nSPS) is 11.5. The number of primary sulfonamides is 1. The number of hydrogen-bond acceptors (Lipinski definition) is 6. The van der Waals surface area contributed by atoms with Crippen LogP contribution in [0.1, 0.15) is 18.2 Å². The van der Waals surface area contributed by atoms with E-state index in [9.17, 15) is 8.42 Å². The van der Waals surface area contributed by atoms with Crippen molar-refractivity contribution >= 4 is 27.0 Å². The zero-order valence-corrected chi connectivity index (χ0v) is 17.2. The Hall–Kier alpha value is -3.36. The molecule has 0 radical (unpaired) electrons. The second-order valence-electron chi connectivity index (χ2n) is 6.82. The molecule has 0 saturated carbocycles. The molecule has 0 bridgehead atoms. The number of anilines is 1. The summed E-state index contributed by atoms with van der Waals surface area (Å²) in [6.45, 7) is 2.49. The fraction of sp³-hybridized carbons (Fsp3) is 0.136. The molecule has 4 aromatic rings. The Bertz CT molecular complexity index is 1290. The number of nitrogens with two attached hydrogens (primary N) is 1. The van der Waals surface area contributed by atoms with Crippen molar-refractivity contribution in [2.24, 2.45) is 5.14 Å². The minimum Gasteiger partial charge on any atom is -0.350 e. The summed E-state index contributed by atoms with van der Waals surface area (Å²) >= 11 is 0. The molecule has 0 saturated heterocycles. The fourth-order valence-electron chi connectivity index (χ4n) is 3.15. The van der Waals surface area contributed by atoms with Crippen molar-refractivity contribution in [1.82, 2.24) is 15.0 Å². The van der Waals surface area contributed by atoms with Crippen LogP contribution in [0.4, 0.5) is 5.95 Å². The molecule has 30 heavy (non-hydrogen) atoms. The first-order valence-electron chi connectivity index (χ1n) is 9.53. The van der Waals surface area contributed by atoms with Gasteiger partial charge in [0.25, 0.3) is 0 Å². The van der Waals surface area contributed by atoms with Crippen LogP contribution in [0.3, 0.4) is 0 Å². The highest BCUT2D eigenvalue weighted by atomic mass is 32.2. The van der Waals surface area contributed by atoms with Crippen LogP contribution in [0.2, 0.25) is 0 Å².